The summed E-state index contributed by atoms with van der Waals surface area (Å²) in [6.45, 7) is 0.118. The van der Waals surface area contributed by atoms with Crippen LogP contribution in [0.2, 0.25) is 0 Å². The van der Waals surface area contributed by atoms with Crippen molar-refractivity contribution >= 4 is 11.8 Å². The molecule has 0 saturated carbocycles. The number of para-hydroxylation sites is 1. The van der Waals surface area contributed by atoms with E-state index in [0.717, 1.165) is 6.42 Å². The van der Waals surface area contributed by atoms with E-state index in [-0.39, 0.29) is 17.6 Å². The first-order valence-corrected chi connectivity index (χ1v) is 6.10. The van der Waals surface area contributed by atoms with Crippen LogP contribution in [0.1, 0.15) is 23.7 Å². The molecule has 0 aliphatic heterocycles. The van der Waals surface area contributed by atoms with Crippen molar-refractivity contribution in [3.63, 3.8) is 0 Å². The zero-order chi connectivity index (χ0) is 11.3. The number of hydrogen-bond acceptors (Lipinski definition) is 3. The van der Waals surface area contributed by atoms with Crippen molar-refractivity contribution in [2.45, 2.75) is 18.1 Å². The Morgan fingerprint density at radius 1 is 1.47 bits per heavy atom. The van der Waals surface area contributed by atoms with Gasteiger partial charge in [0.15, 0.2) is 11.6 Å². The van der Waals surface area contributed by atoms with E-state index in [1.807, 2.05) is 6.26 Å². The molecule has 0 aromatic heterocycles. The lowest BCUT2D eigenvalue weighted by atomic mass is 10.1. The summed E-state index contributed by atoms with van der Waals surface area (Å²) in [4.78, 5) is 0. The molecule has 1 aromatic rings. The minimum Gasteiger partial charge on any atom is -0.505 e. The van der Waals surface area contributed by atoms with Gasteiger partial charge in [-0.3, -0.25) is 0 Å². The molecule has 1 rings (SSSR count). The average molecular weight is 230 g/mol. The fourth-order valence-electron chi connectivity index (χ4n) is 1.47. The quantitative estimate of drug-likeness (QED) is 0.817. The second kappa shape index (κ2) is 5.98. The number of phenols is 1. The topological polar surface area (TPSA) is 40.5 Å². The second-order valence-corrected chi connectivity index (χ2v) is 4.31. The third-order valence-corrected chi connectivity index (χ3v) is 3.33. The van der Waals surface area contributed by atoms with Crippen LogP contribution in [0.3, 0.4) is 0 Å². The molecule has 84 valence electrons. The van der Waals surface area contributed by atoms with E-state index in [0.29, 0.717) is 12.0 Å². The lowest BCUT2D eigenvalue weighted by Gasteiger charge is -2.15. The molecule has 4 heteroatoms. The first kappa shape index (κ1) is 12.3. The normalized spacial score (nSPS) is 12.7. The Kier molecular flexibility index (Phi) is 4.91. The summed E-state index contributed by atoms with van der Waals surface area (Å²) in [7, 11) is 0. The number of aromatic hydroxyl groups is 1. The molecule has 0 aliphatic rings. The van der Waals surface area contributed by atoms with E-state index in [1.165, 1.54) is 6.07 Å². The molecule has 1 aromatic carbocycles. The van der Waals surface area contributed by atoms with Crippen LogP contribution < -0.4 is 0 Å². The highest BCUT2D eigenvalue weighted by Crippen LogP contribution is 2.37. The second-order valence-electron chi connectivity index (χ2n) is 3.27. The maximum absolute atomic E-state index is 13.1. The molecule has 2 nitrogen and oxygen atoms in total. The lowest BCUT2D eigenvalue weighted by molar-refractivity contribution is 0.284. The Bertz CT molecular complexity index is 317. The van der Waals surface area contributed by atoms with Gasteiger partial charge in [0.25, 0.3) is 0 Å². The van der Waals surface area contributed by atoms with Gasteiger partial charge in [-0.2, -0.15) is 11.8 Å². The van der Waals surface area contributed by atoms with Crippen LogP contribution in [0.4, 0.5) is 4.39 Å². The van der Waals surface area contributed by atoms with E-state index in [9.17, 15) is 9.50 Å². The van der Waals surface area contributed by atoms with E-state index < -0.39 is 5.82 Å². The van der Waals surface area contributed by atoms with Gasteiger partial charge in [-0.1, -0.05) is 12.1 Å². The fraction of sp³-hybridized carbons (Fsp3) is 0.455. The summed E-state index contributed by atoms with van der Waals surface area (Å²) >= 11 is 1.55. The number of rotatable bonds is 5. The maximum atomic E-state index is 13.1. The van der Waals surface area contributed by atoms with Crippen molar-refractivity contribution in [1.82, 2.24) is 0 Å². The third-order valence-electron chi connectivity index (χ3n) is 2.27. The molecule has 15 heavy (non-hydrogen) atoms. The summed E-state index contributed by atoms with van der Waals surface area (Å²) in [6.07, 6.45) is 3.29. The maximum Gasteiger partial charge on any atom is 0.165 e. The Morgan fingerprint density at radius 3 is 2.80 bits per heavy atom. The zero-order valence-corrected chi connectivity index (χ0v) is 9.43. The zero-order valence-electron chi connectivity index (χ0n) is 8.61. The first-order chi connectivity index (χ1) is 7.20. The van der Waals surface area contributed by atoms with Crippen LogP contribution in [0.15, 0.2) is 18.2 Å². The fourth-order valence-corrected chi connectivity index (χ4v) is 2.32. The molecule has 0 radical (unpaired) electrons. The van der Waals surface area contributed by atoms with E-state index in [1.54, 1.807) is 23.9 Å². The highest BCUT2D eigenvalue weighted by Gasteiger charge is 2.16. The smallest absolute Gasteiger partial charge is 0.165 e. The summed E-state index contributed by atoms with van der Waals surface area (Å²) < 4.78 is 13.1. The predicted molar refractivity (Wildman–Crippen MR) is 60.6 cm³/mol. The first-order valence-electron chi connectivity index (χ1n) is 4.81. The molecule has 1 unspecified atom stereocenters. The number of phenolic OH excluding ortho intramolecular Hbond substituents is 1. The van der Waals surface area contributed by atoms with Crippen LogP contribution in [-0.2, 0) is 0 Å². The van der Waals surface area contributed by atoms with Crippen LogP contribution in [0, 0.1) is 5.82 Å². The van der Waals surface area contributed by atoms with Gasteiger partial charge in [0.1, 0.15) is 0 Å². The van der Waals surface area contributed by atoms with Gasteiger partial charge in [0, 0.05) is 17.4 Å². The SMILES string of the molecule is CSC(CCCO)c1cccc(F)c1O. The Hall–Kier alpha value is -0.740. The third kappa shape index (κ3) is 3.11. The van der Waals surface area contributed by atoms with Crippen molar-refractivity contribution in [2.75, 3.05) is 12.9 Å². The number of aliphatic hydroxyl groups excluding tert-OH is 1. The highest BCUT2D eigenvalue weighted by molar-refractivity contribution is 7.98. The standard InChI is InChI=1S/C11H15FO2S/c1-15-10(6-3-7-13)8-4-2-5-9(12)11(8)14/h2,4-5,10,13-14H,3,6-7H2,1H3. The molecular weight excluding hydrogens is 215 g/mol. The highest BCUT2D eigenvalue weighted by atomic mass is 32.2. The van der Waals surface area contributed by atoms with Crippen molar-refractivity contribution in [3.8, 4) is 5.75 Å². The van der Waals surface area contributed by atoms with Gasteiger partial charge in [-0.05, 0) is 25.2 Å². The Morgan fingerprint density at radius 2 is 2.20 bits per heavy atom. The number of benzene rings is 1. The number of hydrogen-bond donors (Lipinski definition) is 2. The van der Waals surface area contributed by atoms with Gasteiger partial charge in [0.2, 0.25) is 0 Å². The van der Waals surface area contributed by atoms with Gasteiger partial charge in [-0.25, -0.2) is 4.39 Å². The summed E-state index contributed by atoms with van der Waals surface area (Å²) in [5.41, 5.74) is 0.607. The summed E-state index contributed by atoms with van der Waals surface area (Å²) in [5.74, 6) is -0.856. The van der Waals surface area contributed by atoms with Gasteiger partial charge in [0.05, 0.1) is 0 Å². The van der Waals surface area contributed by atoms with Crippen molar-refractivity contribution < 1.29 is 14.6 Å². The summed E-state index contributed by atoms with van der Waals surface area (Å²) in [5, 5.41) is 18.3. The van der Waals surface area contributed by atoms with Crippen molar-refractivity contribution in [2.24, 2.45) is 0 Å². The molecule has 0 amide bonds. The Labute approximate surface area is 93.1 Å². The summed E-state index contributed by atoms with van der Waals surface area (Å²) in [6, 6.07) is 4.55. The molecule has 0 aliphatic carbocycles. The Balaban J connectivity index is 2.86. The molecule has 2 N–H and O–H groups in total. The lowest BCUT2D eigenvalue weighted by Crippen LogP contribution is -1.97. The van der Waals surface area contributed by atoms with Crippen molar-refractivity contribution in [1.29, 1.82) is 0 Å². The van der Waals surface area contributed by atoms with Gasteiger partial charge < -0.3 is 10.2 Å². The van der Waals surface area contributed by atoms with Crippen LogP contribution in [0.25, 0.3) is 0 Å². The molecular formula is C11H15FO2S. The van der Waals surface area contributed by atoms with Crippen LogP contribution in [-0.4, -0.2) is 23.1 Å². The average Bonchev–Trinajstić information content (AvgIpc) is 2.25. The molecule has 0 bridgehead atoms. The molecule has 0 spiro atoms. The minimum atomic E-state index is -0.587. The molecule has 0 saturated heterocycles. The molecule has 0 fully saturated rings. The number of thioether (sulfide) groups is 1. The number of aliphatic hydroxyl groups is 1. The number of halogens is 1. The largest absolute Gasteiger partial charge is 0.505 e. The predicted octanol–water partition coefficient (Wildman–Crippen LogP) is 2.71. The monoisotopic (exact) mass is 230 g/mol. The minimum absolute atomic E-state index is 0.0350. The van der Waals surface area contributed by atoms with E-state index in [4.69, 9.17) is 5.11 Å². The van der Waals surface area contributed by atoms with Crippen LogP contribution in [0.5, 0.6) is 5.75 Å². The van der Waals surface area contributed by atoms with Gasteiger partial charge >= 0.3 is 0 Å². The van der Waals surface area contributed by atoms with E-state index in [2.05, 4.69) is 0 Å². The van der Waals surface area contributed by atoms with Gasteiger partial charge in [-0.15, -0.1) is 0 Å². The molecule has 0 heterocycles. The van der Waals surface area contributed by atoms with Crippen molar-refractivity contribution in [3.05, 3.63) is 29.6 Å². The van der Waals surface area contributed by atoms with Crippen LogP contribution >= 0.6 is 11.8 Å². The van der Waals surface area contributed by atoms with E-state index >= 15 is 0 Å². The molecule has 1 atom stereocenters.